The first-order chi connectivity index (χ1) is 17.0. The van der Waals surface area contributed by atoms with Crippen LogP contribution in [-0.4, -0.2) is 45.1 Å². The number of carbonyl (C=O) groups excluding carboxylic acids is 1. The monoisotopic (exact) mass is 491 g/mol. The number of nitrogens with two attached hydrogens (primary N) is 1. The van der Waals surface area contributed by atoms with Gasteiger partial charge in [-0.15, -0.1) is 0 Å². The zero-order valence-electron chi connectivity index (χ0n) is 19.9. The third kappa shape index (κ3) is 4.00. The molecule has 2 saturated carbocycles. The highest BCUT2D eigenvalue weighted by Crippen LogP contribution is 2.51. The van der Waals surface area contributed by atoms with E-state index in [9.17, 15) is 4.79 Å². The van der Waals surface area contributed by atoms with Crippen LogP contribution in [0.1, 0.15) is 66.7 Å². The molecular weight excluding hydrogens is 462 g/mol. The highest BCUT2D eigenvalue weighted by atomic mass is 32.2. The van der Waals surface area contributed by atoms with Gasteiger partial charge in [-0.1, -0.05) is 6.92 Å². The van der Waals surface area contributed by atoms with Crippen molar-refractivity contribution in [2.75, 3.05) is 18.2 Å². The molecule has 6 rings (SSSR count). The van der Waals surface area contributed by atoms with Crippen LogP contribution in [0.2, 0.25) is 0 Å². The van der Waals surface area contributed by atoms with E-state index in [1.165, 1.54) is 0 Å². The second-order valence-electron chi connectivity index (χ2n) is 9.79. The van der Waals surface area contributed by atoms with Crippen LogP contribution in [0, 0.1) is 0 Å². The minimum absolute atomic E-state index is 0.118. The maximum atomic E-state index is 12.2. The van der Waals surface area contributed by atoms with Gasteiger partial charge in [0.15, 0.2) is 0 Å². The summed E-state index contributed by atoms with van der Waals surface area (Å²) in [6.07, 6.45) is 10.8. The van der Waals surface area contributed by atoms with Crippen molar-refractivity contribution >= 4 is 40.1 Å². The number of nitrogens with zero attached hydrogens (tertiary/aromatic N) is 3. The molecule has 2 fully saturated rings. The molecule has 0 radical (unpaired) electrons. The number of cyclic esters (lactones) is 1. The fourth-order valence-electron chi connectivity index (χ4n) is 4.88. The molecule has 0 saturated heterocycles. The SMILES string of the molecule is CCC(N)c1cnc(OC2CC(SC)C2)c2cnc(Nc3ccc4c(n3)C3(CC3)COC4=O)cc12. The zero-order valence-corrected chi connectivity index (χ0v) is 20.7. The van der Waals surface area contributed by atoms with Gasteiger partial charge in [-0.05, 0) is 67.5 Å². The Bertz CT molecular complexity index is 1310. The fraction of sp³-hybridized carbons (Fsp3) is 0.462. The molecule has 2 aliphatic carbocycles. The molecule has 0 amide bonds. The summed E-state index contributed by atoms with van der Waals surface area (Å²) in [5, 5.41) is 5.83. The molecule has 4 heterocycles. The third-order valence-corrected chi connectivity index (χ3v) is 8.53. The maximum absolute atomic E-state index is 12.2. The molecule has 1 spiro atoms. The number of thioether (sulfide) groups is 1. The van der Waals surface area contributed by atoms with E-state index in [2.05, 4.69) is 28.5 Å². The number of anilines is 2. The van der Waals surface area contributed by atoms with Crippen LogP contribution >= 0.6 is 11.8 Å². The van der Waals surface area contributed by atoms with Crippen molar-refractivity contribution < 1.29 is 14.3 Å². The Labute approximate surface area is 208 Å². The highest BCUT2D eigenvalue weighted by molar-refractivity contribution is 7.99. The average molecular weight is 492 g/mol. The summed E-state index contributed by atoms with van der Waals surface area (Å²) in [4.78, 5) is 26.3. The van der Waals surface area contributed by atoms with Gasteiger partial charge in [0.05, 0.1) is 16.6 Å². The number of hydrogen-bond donors (Lipinski definition) is 2. The lowest BCUT2D eigenvalue weighted by Crippen LogP contribution is -2.35. The van der Waals surface area contributed by atoms with Crippen molar-refractivity contribution in [1.29, 1.82) is 0 Å². The average Bonchev–Trinajstić information content (AvgIpc) is 3.63. The number of pyridine rings is 3. The number of ether oxygens (including phenoxy) is 2. The second-order valence-corrected chi connectivity index (χ2v) is 10.9. The normalized spacial score (nSPS) is 22.8. The molecule has 3 aromatic heterocycles. The van der Waals surface area contributed by atoms with Crippen molar-refractivity contribution in [2.45, 2.75) is 61.8 Å². The fourth-order valence-corrected chi connectivity index (χ4v) is 5.70. The number of carbonyl (C=O) groups is 1. The van der Waals surface area contributed by atoms with Gasteiger partial charge in [-0.3, -0.25) is 0 Å². The summed E-state index contributed by atoms with van der Waals surface area (Å²) in [5.41, 5.74) is 8.68. The minimum Gasteiger partial charge on any atom is -0.474 e. The highest BCUT2D eigenvalue weighted by Gasteiger charge is 2.51. The Kier molecular flexibility index (Phi) is 5.56. The second kappa shape index (κ2) is 8.64. The van der Waals surface area contributed by atoms with E-state index >= 15 is 0 Å². The third-order valence-electron chi connectivity index (χ3n) is 7.48. The van der Waals surface area contributed by atoms with Gasteiger partial charge >= 0.3 is 5.97 Å². The van der Waals surface area contributed by atoms with Gasteiger partial charge in [-0.25, -0.2) is 19.7 Å². The Morgan fingerprint density at radius 1 is 1.23 bits per heavy atom. The van der Waals surface area contributed by atoms with E-state index in [-0.39, 0.29) is 23.5 Å². The Morgan fingerprint density at radius 2 is 2.06 bits per heavy atom. The van der Waals surface area contributed by atoms with Crippen LogP contribution in [0.3, 0.4) is 0 Å². The molecule has 1 unspecified atom stereocenters. The zero-order chi connectivity index (χ0) is 24.2. The Balaban J connectivity index is 1.33. The lowest BCUT2D eigenvalue weighted by Gasteiger charge is -2.34. The quantitative estimate of drug-likeness (QED) is 0.456. The minimum atomic E-state index is -0.297. The van der Waals surface area contributed by atoms with Crippen molar-refractivity contribution in [3.8, 4) is 5.88 Å². The molecule has 8 nitrogen and oxygen atoms in total. The van der Waals surface area contributed by atoms with Crippen LogP contribution < -0.4 is 15.8 Å². The van der Waals surface area contributed by atoms with Gasteiger partial charge in [-0.2, -0.15) is 11.8 Å². The van der Waals surface area contributed by atoms with Gasteiger partial charge in [0.25, 0.3) is 0 Å². The Hall–Kier alpha value is -2.91. The number of hydrogen-bond acceptors (Lipinski definition) is 9. The molecule has 3 aliphatic rings. The van der Waals surface area contributed by atoms with Crippen molar-refractivity contribution in [1.82, 2.24) is 15.0 Å². The lowest BCUT2D eigenvalue weighted by molar-refractivity contribution is 0.0418. The molecule has 9 heteroatoms. The first-order valence-corrected chi connectivity index (χ1v) is 13.5. The van der Waals surface area contributed by atoms with Crippen LogP contribution in [0.25, 0.3) is 10.8 Å². The molecule has 0 aromatic carbocycles. The van der Waals surface area contributed by atoms with E-state index in [1.54, 1.807) is 18.3 Å². The predicted octanol–water partition coefficient (Wildman–Crippen LogP) is 4.65. The molecule has 35 heavy (non-hydrogen) atoms. The lowest BCUT2D eigenvalue weighted by atomic mass is 9.95. The summed E-state index contributed by atoms with van der Waals surface area (Å²) >= 11 is 1.88. The smallest absolute Gasteiger partial charge is 0.340 e. The number of rotatable bonds is 7. The molecule has 1 atom stereocenters. The largest absolute Gasteiger partial charge is 0.474 e. The summed E-state index contributed by atoms with van der Waals surface area (Å²) < 4.78 is 11.6. The van der Waals surface area contributed by atoms with E-state index in [1.807, 2.05) is 24.0 Å². The standard InChI is InChI=1S/C26H29N5O3S/c1-3-20(27)18-11-29-24(34-14-8-15(9-14)35-2)19-12-28-22(10-17(18)19)30-21-5-4-16-23(31-21)26(6-7-26)13-33-25(16)32/h4-5,10-12,14-15,20H,3,6-9,13,27H2,1-2H3,(H,28,30,31). The predicted molar refractivity (Wildman–Crippen MR) is 136 cm³/mol. The number of aromatic nitrogens is 3. The number of esters is 1. The van der Waals surface area contributed by atoms with Crippen molar-refractivity contribution in [3.63, 3.8) is 0 Å². The first-order valence-electron chi connectivity index (χ1n) is 12.2. The van der Waals surface area contributed by atoms with Crippen molar-refractivity contribution in [3.05, 3.63) is 47.4 Å². The van der Waals surface area contributed by atoms with E-state index < -0.39 is 0 Å². The summed E-state index contributed by atoms with van der Waals surface area (Å²) in [7, 11) is 0. The molecule has 0 bridgehead atoms. The van der Waals surface area contributed by atoms with Gasteiger partial charge < -0.3 is 20.5 Å². The molecule has 3 N–H and O–H groups in total. The molecular formula is C26H29N5O3S. The van der Waals surface area contributed by atoms with Crippen molar-refractivity contribution in [2.24, 2.45) is 5.73 Å². The molecule has 1 aliphatic heterocycles. The Morgan fingerprint density at radius 3 is 2.80 bits per heavy atom. The summed E-state index contributed by atoms with van der Waals surface area (Å²) in [6.45, 7) is 2.48. The topological polar surface area (TPSA) is 112 Å². The van der Waals surface area contributed by atoms with Crippen LogP contribution in [0.4, 0.5) is 11.6 Å². The van der Waals surface area contributed by atoms with Gasteiger partial charge in [0.2, 0.25) is 5.88 Å². The van der Waals surface area contributed by atoms with E-state index in [0.717, 1.165) is 54.1 Å². The van der Waals surface area contributed by atoms with Gasteiger partial charge in [0.1, 0.15) is 24.3 Å². The maximum Gasteiger partial charge on any atom is 0.340 e. The van der Waals surface area contributed by atoms with E-state index in [0.29, 0.717) is 34.9 Å². The first kappa shape index (κ1) is 22.5. The van der Waals surface area contributed by atoms with Crippen LogP contribution in [0.15, 0.2) is 30.6 Å². The van der Waals surface area contributed by atoms with Crippen LogP contribution in [0.5, 0.6) is 5.88 Å². The summed E-state index contributed by atoms with van der Waals surface area (Å²) in [5.74, 6) is 1.62. The van der Waals surface area contributed by atoms with Crippen LogP contribution in [-0.2, 0) is 10.2 Å². The van der Waals surface area contributed by atoms with Gasteiger partial charge in [0, 0.05) is 29.1 Å². The number of fused-ring (bicyclic) bond motifs is 3. The number of nitrogens with one attached hydrogen (secondary N) is 1. The van der Waals surface area contributed by atoms with E-state index in [4.69, 9.17) is 20.2 Å². The summed E-state index contributed by atoms with van der Waals surface area (Å²) in [6, 6.07) is 5.44. The molecule has 182 valence electrons. The molecule has 3 aromatic rings.